The Morgan fingerprint density at radius 3 is 2.78 bits per heavy atom. The van der Waals surface area contributed by atoms with Crippen LogP contribution in [0.3, 0.4) is 0 Å². The highest BCUT2D eigenvalue weighted by Crippen LogP contribution is 2.39. The first-order valence-electron chi connectivity index (χ1n) is 5.90. The molecule has 92 valence electrons. The van der Waals surface area contributed by atoms with Crippen molar-refractivity contribution >= 4 is 5.82 Å². The molecule has 3 rings (SSSR count). The van der Waals surface area contributed by atoms with E-state index in [2.05, 4.69) is 15.0 Å². The van der Waals surface area contributed by atoms with Crippen LogP contribution in [-0.2, 0) is 0 Å². The predicted molar refractivity (Wildman–Crippen MR) is 68.2 cm³/mol. The molecule has 5 heteroatoms. The van der Waals surface area contributed by atoms with Crippen LogP contribution < -0.4 is 10.5 Å². The molecule has 1 saturated carbocycles. The van der Waals surface area contributed by atoms with Crippen LogP contribution in [0, 0.1) is 0 Å². The van der Waals surface area contributed by atoms with Gasteiger partial charge < -0.3 is 10.5 Å². The highest BCUT2D eigenvalue weighted by atomic mass is 16.5. The number of methoxy groups -OCH3 is 1. The Morgan fingerprint density at radius 2 is 2.06 bits per heavy atom. The summed E-state index contributed by atoms with van der Waals surface area (Å²) in [4.78, 5) is 13.0. The Labute approximate surface area is 105 Å². The summed E-state index contributed by atoms with van der Waals surface area (Å²) in [6, 6.07) is 3.66. The van der Waals surface area contributed by atoms with E-state index in [4.69, 9.17) is 10.5 Å². The molecule has 2 aromatic rings. The van der Waals surface area contributed by atoms with E-state index in [-0.39, 0.29) is 0 Å². The van der Waals surface area contributed by atoms with Gasteiger partial charge in [-0.05, 0) is 18.9 Å². The molecule has 0 saturated heterocycles. The maximum Gasteiger partial charge on any atom is 0.137 e. The van der Waals surface area contributed by atoms with Crippen molar-refractivity contribution in [3.8, 4) is 17.0 Å². The van der Waals surface area contributed by atoms with E-state index in [1.54, 1.807) is 25.6 Å². The molecule has 0 aliphatic heterocycles. The molecule has 0 unspecified atom stereocenters. The average molecular weight is 242 g/mol. The molecule has 1 aliphatic carbocycles. The minimum Gasteiger partial charge on any atom is -0.495 e. The van der Waals surface area contributed by atoms with Crippen LogP contribution >= 0.6 is 0 Å². The zero-order valence-electron chi connectivity index (χ0n) is 10.1. The van der Waals surface area contributed by atoms with Gasteiger partial charge in [0.2, 0.25) is 0 Å². The van der Waals surface area contributed by atoms with Gasteiger partial charge in [-0.25, -0.2) is 9.97 Å². The van der Waals surface area contributed by atoms with Crippen molar-refractivity contribution in [3.05, 3.63) is 30.4 Å². The Morgan fingerprint density at radius 1 is 1.22 bits per heavy atom. The summed E-state index contributed by atoms with van der Waals surface area (Å²) >= 11 is 0. The third-order valence-electron chi connectivity index (χ3n) is 2.95. The highest BCUT2D eigenvalue weighted by molar-refractivity contribution is 5.62. The molecule has 2 aromatic heterocycles. The lowest BCUT2D eigenvalue weighted by Gasteiger charge is -2.06. The summed E-state index contributed by atoms with van der Waals surface area (Å²) in [7, 11) is 1.62. The van der Waals surface area contributed by atoms with Crippen LogP contribution in [0.25, 0.3) is 11.3 Å². The zero-order chi connectivity index (χ0) is 12.5. The fourth-order valence-corrected chi connectivity index (χ4v) is 1.83. The maximum atomic E-state index is 5.83. The van der Waals surface area contributed by atoms with Gasteiger partial charge in [-0.15, -0.1) is 0 Å². The fourth-order valence-electron chi connectivity index (χ4n) is 1.83. The Bertz CT molecular complexity index is 581. The first-order chi connectivity index (χ1) is 8.76. The van der Waals surface area contributed by atoms with E-state index in [0.717, 1.165) is 29.9 Å². The molecule has 1 aliphatic rings. The van der Waals surface area contributed by atoms with Gasteiger partial charge in [0, 0.05) is 23.7 Å². The minimum atomic E-state index is 0.478. The van der Waals surface area contributed by atoms with Crippen molar-refractivity contribution in [2.45, 2.75) is 18.8 Å². The molecule has 5 nitrogen and oxygen atoms in total. The van der Waals surface area contributed by atoms with Gasteiger partial charge >= 0.3 is 0 Å². The summed E-state index contributed by atoms with van der Waals surface area (Å²) in [5.41, 5.74) is 7.53. The van der Waals surface area contributed by atoms with Gasteiger partial charge in [0.15, 0.2) is 0 Å². The molecule has 0 bridgehead atoms. The summed E-state index contributed by atoms with van der Waals surface area (Å²) in [5.74, 6) is 2.53. The SMILES string of the molecule is COc1cncc(-c2cc(N)nc(C3CC3)n2)c1. The van der Waals surface area contributed by atoms with Crippen LogP contribution in [0.2, 0.25) is 0 Å². The van der Waals surface area contributed by atoms with Crippen molar-refractivity contribution in [1.82, 2.24) is 15.0 Å². The van der Waals surface area contributed by atoms with Crippen molar-refractivity contribution < 1.29 is 4.74 Å². The number of aromatic nitrogens is 3. The lowest BCUT2D eigenvalue weighted by molar-refractivity contribution is 0.413. The number of anilines is 1. The first-order valence-corrected chi connectivity index (χ1v) is 5.90. The van der Waals surface area contributed by atoms with Crippen molar-refractivity contribution in [3.63, 3.8) is 0 Å². The van der Waals surface area contributed by atoms with Gasteiger partial charge in [0.05, 0.1) is 19.0 Å². The third-order valence-corrected chi connectivity index (χ3v) is 2.95. The number of pyridine rings is 1. The highest BCUT2D eigenvalue weighted by Gasteiger charge is 2.27. The van der Waals surface area contributed by atoms with Gasteiger partial charge in [0.1, 0.15) is 17.4 Å². The van der Waals surface area contributed by atoms with E-state index in [0.29, 0.717) is 17.5 Å². The largest absolute Gasteiger partial charge is 0.495 e. The van der Waals surface area contributed by atoms with Gasteiger partial charge in [-0.3, -0.25) is 4.98 Å². The lowest BCUT2D eigenvalue weighted by atomic mass is 10.2. The smallest absolute Gasteiger partial charge is 0.137 e. The number of nitrogen functional groups attached to an aromatic ring is 1. The summed E-state index contributed by atoms with van der Waals surface area (Å²) in [6.45, 7) is 0. The third kappa shape index (κ3) is 2.11. The molecule has 0 amide bonds. The lowest BCUT2D eigenvalue weighted by Crippen LogP contribution is -2.00. The molecule has 0 atom stereocenters. The Hall–Kier alpha value is -2.17. The van der Waals surface area contributed by atoms with Gasteiger partial charge in [-0.1, -0.05) is 0 Å². The maximum absolute atomic E-state index is 5.83. The molecular weight excluding hydrogens is 228 g/mol. The summed E-state index contributed by atoms with van der Waals surface area (Å²) in [5, 5.41) is 0. The summed E-state index contributed by atoms with van der Waals surface area (Å²) in [6.07, 6.45) is 5.72. The molecular formula is C13H14N4O. The second kappa shape index (κ2) is 4.25. The average Bonchev–Trinajstić information content (AvgIpc) is 3.22. The van der Waals surface area contributed by atoms with E-state index < -0.39 is 0 Å². The van der Waals surface area contributed by atoms with E-state index in [1.165, 1.54) is 0 Å². The van der Waals surface area contributed by atoms with Crippen molar-refractivity contribution in [1.29, 1.82) is 0 Å². The molecule has 0 radical (unpaired) electrons. The standard InChI is InChI=1S/C13H14N4O/c1-18-10-4-9(6-15-7-10)11-5-12(14)17-13(16-11)8-2-3-8/h4-8H,2-3H2,1H3,(H2,14,16,17). The van der Waals surface area contributed by atoms with Crippen LogP contribution in [0.1, 0.15) is 24.6 Å². The number of hydrogen-bond donors (Lipinski definition) is 1. The topological polar surface area (TPSA) is 73.9 Å². The molecule has 18 heavy (non-hydrogen) atoms. The normalized spacial score (nSPS) is 14.5. The fraction of sp³-hybridized carbons (Fsp3) is 0.308. The van der Waals surface area contributed by atoms with E-state index in [9.17, 15) is 0 Å². The number of nitrogens with two attached hydrogens (primary N) is 1. The number of ether oxygens (including phenoxy) is 1. The van der Waals surface area contributed by atoms with Crippen LogP contribution in [0.15, 0.2) is 24.5 Å². The van der Waals surface area contributed by atoms with Crippen LogP contribution in [0.5, 0.6) is 5.75 Å². The first kappa shape index (κ1) is 11.0. The monoisotopic (exact) mass is 242 g/mol. The number of nitrogens with zero attached hydrogens (tertiary/aromatic N) is 3. The van der Waals surface area contributed by atoms with Crippen molar-refractivity contribution in [2.75, 3.05) is 12.8 Å². The Balaban J connectivity index is 2.04. The molecule has 2 N–H and O–H groups in total. The van der Waals surface area contributed by atoms with Crippen LogP contribution in [-0.4, -0.2) is 22.1 Å². The van der Waals surface area contributed by atoms with E-state index in [1.807, 2.05) is 6.07 Å². The molecule has 2 heterocycles. The molecule has 0 aromatic carbocycles. The van der Waals surface area contributed by atoms with Crippen LogP contribution in [0.4, 0.5) is 5.82 Å². The zero-order valence-corrected chi connectivity index (χ0v) is 10.1. The Kier molecular flexibility index (Phi) is 2.59. The van der Waals surface area contributed by atoms with E-state index >= 15 is 0 Å². The van der Waals surface area contributed by atoms with Gasteiger partial charge in [0.25, 0.3) is 0 Å². The van der Waals surface area contributed by atoms with Crippen molar-refractivity contribution in [2.24, 2.45) is 0 Å². The second-order valence-electron chi connectivity index (χ2n) is 4.42. The van der Waals surface area contributed by atoms with Gasteiger partial charge in [-0.2, -0.15) is 0 Å². The minimum absolute atomic E-state index is 0.478. The molecule has 1 fully saturated rings. The predicted octanol–water partition coefficient (Wildman–Crippen LogP) is 2.01. The number of rotatable bonds is 3. The number of hydrogen-bond acceptors (Lipinski definition) is 5. The second-order valence-corrected chi connectivity index (χ2v) is 4.42. The quantitative estimate of drug-likeness (QED) is 0.891. The summed E-state index contributed by atoms with van der Waals surface area (Å²) < 4.78 is 5.16. The molecule has 0 spiro atoms.